The molecule has 32 heavy (non-hydrogen) atoms. The van der Waals surface area contributed by atoms with Gasteiger partial charge in [0.05, 0.1) is 18.2 Å². The highest BCUT2D eigenvalue weighted by molar-refractivity contribution is 7.91. The van der Waals surface area contributed by atoms with Crippen molar-refractivity contribution < 1.29 is 13.2 Å². The van der Waals surface area contributed by atoms with Crippen LogP contribution in [0.1, 0.15) is 57.2 Å². The molecule has 0 bridgehead atoms. The quantitative estimate of drug-likeness (QED) is 0.599. The standard InChI is InChI=1S/C21H36N6O3S2/c1-25-19(13-16-9-12-32(29,30)14-16)24-27(21(25)31)15-26-10-7-18(8-11-26)23-20(28)22-17-5-3-2-4-6-17/h16-18H,2-15H2,1H3,(H2,22,23,28). The molecule has 1 aliphatic carbocycles. The zero-order valence-corrected chi connectivity index (χ0v) is 20.6. The van der Waals surface area contributed by atoms with Crippen molar-refractivity contribution in [3.63, 3.8) is 0 Å². The van der Waals surface area contributed by atoms with E-state index in [-0.39, 0.29) is 29.5 Å². The molecule has 0 aromatic carbocycles. The van der Waals surface area contributed by atoms with Crippen LogP contribution in [-0.2, 0) is 30.0 Å². The molecule has 2 N–H and O–H groups in total. The van der Waals surface area contributed by atoms with Gasteiger partial charge in [-0.15, -0.1) is 0 Å². The number of carbonyl (C=O) groups excluding carboxylic acids is 1. The molecule has 2 amide bonds. The third kappa shape index (κ3) is 6.11. The minimum Gasteiger partial charge on any atom is -0.335 e. The highest BCUT2D eigenvalue weighted by Crippen LogP contribution is 2.22. The van der Waals surface area contributed by atoms with E-state index in [1.807, 2.05) is 16.3 Å². The summed E-state index contributed by atoms with van der Waals surface area (Å²) < 4.78 is 27.9. The SMILES string of the molecule is Cn1c(CC2CCS(=O)(=O)C2)nn(CN2CCC(NC(=O)NC3CCCCC3)CC2)c1=S. The van der Waals surface area contributed by atoms with Gasteiger partial charge in [-0.05, 0) is 50.2 Å². The van der Waals surface area contributed by atoms with Gasteiger partial charge in [-0.25, -0.2) is 17.9 Å². The zero-order valence-electron chi connectivity index (χ0n) is 19.0. The summed E-state index contributed by atoms with van der Waals surface area (Å²) in [4.78, 5) is 14.6. The minimum atomic E-state index is -2.89. The maximum atomic E-state index is 12.3. The summed E-state index contributed by atoms with van der Waals surface area (Å²) in [6.45, 7) is 2.38. The Morgan fingerprint density at radius 3 is 2.34 bits per heavy atom. The van der Waals surface area contributed by atoms with Gasteiger partial charge in [0.15, 0.2) is 14.6 Å². The van der Waals surface area contributed by atoms with Crippen LogP contribution in [0.25, 0.3) is 0 Å². The average Bonchev–Trinajstić information content (AvgIpc) is 3.23. The van der Waals surface area contributed by atoms with E-state index in [2.05, 4.69) is 15.5 Å². The summed E-state index contributed by atoms with van der Waals surface area (Å²) in [6.07, 6.45) is 9.05. The molecule has 2 aliphatic heterocycles. The van der Waals surface area contributed by atoms with E-state index in [0.29, 0.717) is 30.3 Å². The van der Waals surface area contributed by atoms with Crippen molar-refractivity contribution in [2.24, 2.45) is 13.0 Å². The van der Waals surface area contributed by atoms with Crippen LogP contribution in [0.15, 0.2) is 0 Å². The maximum absolute atomic E-state index is 12.3. The molecule has 180 valence electrons. The van der Waals surface area contributed by atoms with E-state index in [1.54, 1.807) is 0 Å². The number of sulfone groups is 1. The lowest BCUT2D eigenvalue weighted by Gasteiger charge is -2.32. The van der Waals surface area contributed by atoms with Gasteiger partial charge in [0.1, 0.15) is 5.82 Å². The highest BCUT2D eigenvalue weighted by Gasteiger charge is 2.29. The number of nitrogens with zero attached hydrogens (tertiary/aromatic N) is 4. The molecule has 3 aliphatic rings. The lowest BCUT2D eigenvalue weighted by Crippen LogP contribution is -2.50. The molecular weight excluding hydrogens is 448 g/mol. The second-order valence-electron chi connectivity index (χ2n) is 9.72. The maximum Gasteiger partial charge on any atom is 0.315 e. The van der Waals surface area contributed by atoms with Crippen LogP contribution in [-0.4, -0.2) is 70.4 Å². The van der Waals surface area contributed by atoms with Crippen LogP contribution in [0.4, 0.5) is 4.79 Å². The number of carbonyl (C=O) groups is 1. The van der Waals surface area contributed by atoms with Gasteiger partial charge in [-0.1, -0.05) is 19.3 Å². The Labute approximate surface area is 195 Å². The third-order valence-corrected chi connectivity index (χ3v) is 9.45. The number of likely N-dealkylation sites (tertiary alicyclic amines) is 1. The number of amides is 2. The Balaban J connectivity index is 1.24. The topological polar surface area (TPSA) is 101 Å². The number of nitrogens with one attached hydrogen (secondary N) is 2. The molecule has 11 heteroatoms. The molecule has 3 fully saturated rings. The molecular formula is C21H36N6O3S2. The molecule has 1 aromatic heterocycles. The van der Waals surface area contributed by atoms with Crippen LogP contribution in [0.3, 0.4) is 0 Å². The van der Waals surface area contributed by atoms with E-state index < -0.39 is 9.84 Å². The second kappa shape index (κ2) is 10.2. The van der Waals surface area contributed by atoms with Gasteiger partial charge < -0.3 is 15.2 Å². The molecule has 1 saturated carbocycles. The van der Waals surface area contributed by atoms with Crippen LogP contribution in [0, 0.1) is 10.7 Å². The molecule has 1 unspecified atom stereocenters. The van der Waals surface area contributed by atoms with Gasteiger partial charge in [0, 0.05) is 38.6 Å². The largest absolute Gasteiger partial charge is 0.335 e. The van der Waals surface area contributed by atoms with Crippen LogP contribution < -0.4 is 10.6 Å². The molecule has 3 heterocycles. The Bertz CT molecular complexity index is 959. The first-order valence-corrected chi connectivity index (χ1v) is 14.1. The first-order chi connectivity index (χ1) is 15.3. The van der Waals surface area contributed by atoms with Crippen molar-refractivity contribution in [2.75, 3.05) is 24.6 Å². The predicted molar refractivity (Wildman–Crippen MR) is 126 cm³/mol. The predicted octanol–water partition coefficient (Wildman–Crippen LogP) is 1.98. The van der Waals surface area contributed by atoms with Crippen molar-refractivity contribution in [1.82, 2.24) is 29.9 Å². The Morgan fingerprint density at radius 1 is 1.06 bits per heavy atom. The molecule has 1 aromatic rings. The number of hydrogen-bond acceptors (Lipinski definition) is 6. The number of rotatable bonds is 6. The molecule has 9 nitrogen and oxygen atoms in total. The van der Waals surface area contributed by atoms with Gasteiger partial charge in [-0.2, -0.15) is 5.10 Å². The molecule has 0 radical (unpaired) electrons. The smallest absolute Gasteiger partial charge is 0.315 e. The van der Waals surface area contributed by atoms with E-state index in [1.165, 1.54) is 19.3 Å². The number of piperidine rings is 1. The Morgan fingerprint density at radius 2 is 1.72 bits per heavy atom. The summed E-state index contributed by atoms with van der Waals surface area (Å²) in [5.74, 6) is 1.52. The molecule has 1 atom stereocenters. The Kier molecular flexibility index (Phi) is 7.56. The van der Waals surface area contributed by atoms with Gasteiger partial charge in [-0.3, -0.25) is 4.90 Å². The van der Waals surface area contributed by atoms with Gasteiger partial charge in [0.2, 0.25) is 0 Å². The second-order valence-corrected chi connectivity index (χ2v) is 12.3. The summed E-state index contributed by atoms with van der Waals surface area (Å²) >= 11 is 5.58. The summed E-state index contributed by atoms with van der Waals surface area (Å²) in [5.41, 5.74) is 0. The lowest BCUT2D eigenvalue weighted by molar-refractivity contribution is 0.150. The minimum absolute atomic E-state index is 0.0270. The monoisotopic (exact) mass is 484 g/mol. The van der Waals surface area contributed by atoms with Crippen molar-refractivity contribution in [3.05, 3.63) is 10.6 Å². The van der Waals surface area contributed by atoms with Gasteiger partial charge >= 0.3 is 6.03 Å². The number of urea groups is 1. The summed E-state index contributed by atoms with van der Waals surface area (Å²) in [5, 5.41) is 11.0. The fourth-order valence-corrected chi connectivity index (χ4v) is 7.23. The molecule has 4 rings (SSSR count). The summed E-state index contributed by atoms with van der Waals surface area (Å²) in [7, 11) is -0.981. The number of aromatic nitrogens is 3. The Hall–Kier alpha value is -1.46. The van der Waals surface area contributed by atoms with Gasteiger partial charge in [0.25, 0.3) is 0 Å². The van der Waals surface area contributed by atoms with E-state index >= 15 is 0 Å². The van der Waals surface area contributed by atoms with Crippen molar-refractivity contribution in [2.45, 2.75) is 76.5 Å². The first kappa shape index (κ1) is 23.7. The highest BCUT2D eigenvalue weighted by atomic mass is 32.2. The normalized spacial score (nSPS) is 25.1. The lowest BCUT2D eigenvalue weighted by atomic mass is 9.96. The third-order valence-electron chi connectivity index (χ3n) is 7.13. The van der Waals surface area contributed by atoms with Crippen LogP contribution in [0.5, 0.6) is 0 Å². The fraction of sp³-hybridized carbons (Fsp3) is 0.857. The van der Waals surface area contributed by atoms with Crippen LogP contribution >= 0.6 is 12.2 Å². The average molecular weight is 485 g/mol. The van der Waals surface area contributed by atoms with Crippen molar-refractivity contribution in [3.8, 4) is 0 Å². The van der Waals surface area contributed by atoms with E-state index in [4.69, 9.17) is 17.3 Å². The van der Waals surface area contributed by atoms with Crippen molar-refractivity contribution in [1.29, 1.82) is 0 Å². The summed E-state index contributed by atoms with van der Waals surface area (Å²) in [6, 6.07) is 0.501. The molecule has 0 spiro atoms. The zero-order chi connectivity index (χ0) is 22.7. The first-order valence-electron chi connectivity index (χ1n) is 11.9. The number of hydrogen-bond donors (Lipinski definition) is 2. The fourth-order valence-electron chi connectivity index (χ4n) is 5.16. The van der Waals surface area contributed by atoms with Crippen molar-refractivity contribution >= 4 is 28.1 Å². The molecule has 2 saturated heterocycles. The van der Waals surface area contributed by atoms with E-state index in [9.17, 15) is 13.2 Å². The van der Waals surface area contributed by atoms with E-state index in [0.717, 1.165) is 44.6 Å². The van der Waals surface area contributed by atoms with Crippen LogP contribution in [0.2, 0.25) is 0 Å².